The van der Waals surface area contributed by atoms with Gasteiger partial charge >= 0.3 is 0 Å². The number of carbonyl (C=O) groups excluding carboxylic acids is 2. The molecule has 7 nitrogen and oxygen atoms in total. The molecular formula is C28H21ClN4O3. The van der Waals surface area contributed by atoms with Gasteiger partial charge in [-0.15, -0.1) is 0 Å². The number of nitrogens with one attached hydrogen (secondary N) is 2. The minimum Gasteiger partial charge on any atom is -0.348 e. The average Bonchev–Trinajstić information content (AvgIpc) is 3.43. The summed E-state index contributed by atoms with van der Waals surface area (Å²) < 4.78 is 1.73. The first kappa shape index (κ1) is 23.3. The van der Waals surface area contributed by atoms with Crippen LogP contribution >= 0.6 is 11.6 Å². The second kappa shape index (κ2) is 9.64. The fraction of sp³-hybridized carbons (Fsp3) is 0.0714. The zero-order chi connectivity index (χ0) is 25.2. The quantitative estimate of drug-likeness (QED) is 0.317. The molecule has 2 N–H and O–H groups in total. The number of hydrogen-bond donors (Lipinski definition) is 2. The molecule has 178 valence electrons. The Morgan fingerprint density at radius 2 is 1.78 bits per heavy atom. The molecule has 0 radical (unpaired) electrons. The Kier molecular flexibility index (Phi) is 6.23. The summed E-state index contributed by atoms with van der Waals surface area (Å²) >= 11 is 6.25. The molecule has 5 aromatic rings. The molecule has 0 saturated heterocycles. The Hall–Kier alpha value is -4.49. The van der Waals surface area contributed by atoms with Crippen molar-refractivity contribution in [3.05, 3.63) is 117 Å². The first-order valence-corrected chi connectivity index (χ1v) is 11.6. The SMILES string of the molecule is CC(=O)c1c(CNC(=O)c2ccc(-c3ncc[nH]3)cc2)c(=O)c2ccc(Cl)cc2n1-c1ccccc1. The number of benzene rings is 3. The molecule has 36 heavy (non-hydrogen) atoms. The number of ketones is 1. The molecule has 0 aliphatic heterocycles. The molecule has 0 aliphatic carbocycles. The van der Waals surface area contributed by atoms with E-state index < -0.39 is 0 Å². The molecule has 0 fully saturated rings. The number of hydrogen-bond acceptors (Lipinski definition) is 4. The number of imidazole rings is 1. The predicted molar refractivity (Wildman–Crippen MR) is 140 cm³/mol. The first-order valence-electron chi connectivity index (χ1n) is 11.3. The van der Waals surface area contributed by atoms with Crippen molar-refractivity contribution in [2.75, 3.05) is 0 Å². The van der Waals surface area contributed by atoms with E-state index in [1.165, 1.54) is 6.92 Å². The van der Waals surface area contributed by atoms with E-state index in [4.69, 9.17) is 11.6 Å². The highest BCUT2D eigenvalue weighted by atomic mass is 35.5. The number of carbonyl (C=O) groups is 2. The van der Waals surface area contributed by atoms with E-state index >= 15 is 0 Å². The van der Waals surface area contributed by atoms with Crippen molar-refractivity contribution < 1.29 is 9.59 Å². The number of H-pyrrole nitrogens is 1. The van der Waals surface area contributed by atoms with Crippen LogP contribution in [0.5, 0.6) is 0 Å². The zero-order valence-corrected chi connectivity index (χ0v) is 20.0. The van der Waals surface area contributed by atoms with Gasteiger partial charge in [-0.3, -0.25) is 14.4 Å². The molecule has 0 bridgehead atoms. The molecule has 8 heteroatoms. The van der Waals surface area contributed by atoms with Gasteiger partial charge in [0.1, 0.15) is 5.82 Å². The van der Waals surface area contributed by atoms with Crippen molar-refractivity contribution in [1.29, 1.82) is 0 Å². The molecule has 0 unspecified atom stereocenters. The Balaban J connectivity index is 1.55. The summed E-state index contributed by atoms with van der Waals surface area (Å²) in [5.41, 5.74) is 2.58. The van der Waals surface area contributed by atoms with Gasteiger partial charge in [-0.1, -0.05) is 41.9 Å². The molecule has 2 aromatic heterocycles. The van der Waals surface area contributed by atoms with Gasteiger partial charge < -0.3 is 14.9 Å². The summed E-state index contributed by atoms with van der Waals surface area (Å²) in [7, 11) is 0. The van der Waals surface area contributed by atoms with Crippen LogP contribution in [0.3, 0.4) is 0 Å². The van der Waals surface area contributed by atoms with Gasteiger partial charge in [0, 0.05) is 58.6 Å². The summed E-state index contributed by atoms with van der Waals surface area (Å²) in [6.07, 6.45) is 3.38. The van der Waals surface area contributed by atoms with Crippen molar-refractivity contribution >= 4 is 34.2 Å². The predicted octanol–water partition coefficient (Wildman–Crippen LogP) is 5.17. The third-order valence-electron chi connectivity index (χ3n) is 5.92. The van der Waals surface area contributed by atoms with Crippen LogP contribution in [0, 0.1) is 0 Å². The van der Waals surface area contributed by atoms with Gasteiger partial charge in [0.05, 0.1) is 11.2 Å². The third kappa shape index (κ3) is 4.32. The summed E-state index contributed by atoms with van der Waals surface area (Å²) in [6.45, 7) is 1.29. The van der Waals surface area contributed by atoms with Crippen LogP contribution in [0.2, 0.25) is 5.02 Å². The molecule has 0 atom stereocenters. The Morgan fingerprint density at radius 3 is 2.44 bits per heavy atom. The molecule has 0 spiro atoms. The van der Waals surface area contributed by atoms with Crippen LogP contribution in [0.25, 0.3) is 28.0 Å². The largest absolute Gasteiger partial charge is 0.348 e. The van der Waals surface area contributed by atoms with Crippen LogP contribution < -0.4 is 10.7 Å². The highest BCUT2D eigenvalue weighted by Crippen LogP contribution is 2.25. The molecular weight excluding hydrogens is 476 g/mol. The van der Waals surface area contributed by atoms with Crippen LogP contribution in [-0.4, -0.2) is 26.2 Å². The van der Waals surface area contributed by atoms with Gasteiger partial charge in [0.25, 0.3) is 5.91 Å². The summed E-state index contributed by atoms with van der Waals surface area (Å²) in [4.78, 5) is 46.5. The van der Waals surface area contributed by atoms with Crippen molar-refractivity contribution in [3.63, 3.8) is 0 Å². The van der Waals surface area contributed by atoms with Gasteiger partial charge in [0.15, 0.2) is 11.2 Å². The molecule has 2 heterocycles. The van der Waals surface area contributed by atoms with Crippen LogP contribution in [0.1, 0.15) is 33.3 Å². The average molecular weight is 497 g/mol. The van der Waals surface area contributed by atoms with E-state index in [9.17, 15) is 14.4 Å². The van der Waals surface area contributed by atoms with Crippen molar-refractivity contribution in [2.24, 2.45) is 0 Å². The smallest absolute Gasteiger partial charge is 0.251 e. The van der Waals surface area contributed by atoms with Crippen molar-refractivity contribution in [3.8, 4) is 17.1 Å². The van der Waals surface area contributed by atoms with Gasteiger partial charge in [-0.25, -0.2) is 4.98 Å². The molecule has 0 saturated carbocycles. The fourth-order valence-electron chi connectivity index (χ4n) is 4.26. The van der Waals surface area contributed by atoms with Crippen molar-refractivity contribution in [2.45, 2.75) is 13.5 Å². The summed E-state index contributed by atoms with van der Waals surface area (Å²) in [5.74, 6) is 0.0352. The van der Waals surface area contributed by atoms with E-state index in [0.29, 0.717) is 33.0 Å². The molecule has 0 aliphatic rings. The van der Waals surface area contributed by atoms with Crippen LogP contribution in [0.15, 0.2) is 90.0 Å². The number of halogens is 1. The molecule has 5 rings (SSSR count). The lowest BCUT2D eigenvalue weighted by molar-refractivity contribution is 0.0946. The minimum atomic E-state index is -0.364. The molecule has 3 aromatic carbocycles. The lowest BCUT2D eigenvalue weighted by Gasteiger charge is -2.19. The number of aromatic nitrogens is 3. The monoisotopic (exact) mass is 496 g/mol. The van der Waals surface area contributed by atoms with Crippen molar-refractivity contribution in [1.82, 2.24) is 19.9 Å². The Morgan fingerprint density at radius 1 is 1.03 bits per heavy atom. The van der Waals surface area contributed by atoms with E-state index in [1.807, 2.05) is 30.3 Å². The number of para-hydroxylation sites is 1. The number of rotatable bonds is 6. The second-order valence-corrected chi connectivity index (χ2v) is 8.68. The second-order valence-electron chi connectivity index (χ2n) is 8.24. The number of Topliss-reactive ketones (excluding diaryl/α,β-unsaturated/α-hetero) is 1. The van der Waals surface area contributed by atoms with E-state index in [0.717, 1.165) is 5.56 Å². The number of fused-ring (bicyclic) bond motifs is 1. The highest BCUT2D eigenvalue weighted by molar-refractivity contribution is 6.31. The topological polar surface area (TPSA) is 96.8 Å². The maximum absolute atomic E-state index is 13.5. The highest BCUT2D eigenvalue weighted by Gasteiger charge is 2.22. The van der Waals surface area contributed by atoms with Gasteiger partial charge in [-0.05, 0) is 42.5 Å². The van der Waals surface area contributed by atoms with Gasteiger partial charge in [-0.2, -0.15) is 0 Å². The number of nitrogens with zero attached hydrogens (tertiary/aromatic N) is 2. The van der Waals surface area contributed by atoms with Gasteiger partial charge in [0.2, 0.25) is 0 Å². The fourth-order valence-corrected chi connectivity index (χ4v) is 4.43. The van der Waals surface area contributed by atoms with Crippen LogP contribution in [-0.2, 0) is 6.54 Å². The van der Waals surface area contributed by atoms with E-state index in [1.54, 1.807) is 59.4 Å². The third-order valence-corrected chi connectivity index (χ3v) is 6.16. The normalized spacial score (nSPS) is 10.9. The standard InChI is InChI=1S/C28H21ClN4O3/c1-17(34)25-23(16-32-28(36)19-9-7-18(8-10-19)27-30-13-14-31-27)26(35)22-12-11-20(29)15-24(22)33(25)21-5-3-2-4-6-21/h2-15H,16H2,1H3,(H,30,31)(H,32,36). The number of pyridine rings is 1. The Bertz CT molecular complexity index is 1640. The minimum absolute atomic E-state index is 0.113. The summed E-state index contributed by atoms with van der Waals surface area (Å²) in [6, 6.07) is 21.2. The zero-order valence-electron chi connectivity index (χ0n) is 19.3. The van der Waals surface area contributed by atoms with E-state index in [2.05, 4.69) is 15.3 Å². The first-order chi connectivity index (χ1) is 17.4. The lowest BCUT2D eigenvalue weighted by atomic mass is 10.0. The number of aromatic amines is 1. The maximum atomic E-state index is 13.5. The number of amides is 1. The molecule has 1 amide bonds. The lowest BCUT2D eigenvalue weighted by Crippen LogP contribution is -2.30. The Labute approximate surface area is 211 Å². The van der Waals surface area contributed by atoms with E-state index in [-0.39, 0.29) is 34.9 Å². The van der Waals surface area contributed by atoms with Crippen LogP contribution in [0.4, 0.5) is 0 Å². The summed E-state index contributed by atoms with van der Waals surface area (Å²) in [5, 5.41) is 3.65. The maximum Gasteiger partial charge on any atom is 0.251 e.